The molecule has 0 unspecified atom stereocenters. The van der Waals surface area contributed by atoms with Gasteiger partial charge < -0.3 is 14.6 Å². The first-order valence-electron chi connectivity index (χ1n) is 9.13. The van der Waals surface area contributed by atoms with E-state index in [1.165, 1.54) is 12.1 Å². The Kier molecular flexibility index (Phi) is 5.25. The molecule has 0 aromatic heterocycles. The van der Waals surface area contributed by atoms with Crippen LogP contribution in [0.25, 0.3) is 11.1 Å². The van der Waals surface area contributed by atoms with Gasteiger partial charge in [-0.2, -0.15) is 0 Å². The largest absolute Gasteiger partial charge is 0.478 e. The molecule has 0 atom stereocenters. The first kappa shape index (κ1) is 18.3. The highest BCUT2D eigenvalue weighted by atomic mass is 16.5. The lowest BCUT2D eigenvalue weighted by Crippen LogP contribution is -2.01. The van der Waals surface area contributed by atoms with E-state index in [2.05, 4.69) is 0 Å². The standard InChI is InChI=1S/C25H18O4/c26-25(27)19-16-22(28-20-12-6-2-7-13-20)24(18-10-4-1-5-11-18)23(17-19)29-21-14-8-3-9-15-21/h1-17H,(H,26,27). The third-order valence-electron chi connectivity index (χ3n) is 4.32. The van der Waals surface area contributed by atoms with E-state index < -0.39 is 5.97 Å². The third-order valence-corrected chi connectivity index (χ3v) is 4.32. The summed E-state index contributed by atoms with van der Waals surface area (Å²) in [6, 6.07) is 31.2. The molecule has 4 nitrogen and oxygen atoms in total. The molecule has 0 aliphatic heterocycles. The molecule has 4 heteroatoms. The van der Waals surface area contributed by atoms with Crippen molar-refractivity contribution in [2.75, 3.05) is 0 Å². The molecule has 0 saturated carbocycles. The smallest absolute Gasteiger partial charge is 0.335 e. The summed E-state index contributed by atoms with van der Waals surface area (Å²) in [7, 11) is 0. The molecule has 0 radical (unpaired) electrons. The average molecular weight is 382 g/mol. The van der Waals surface area contributed by atoms with Gasteiger partial charge >= 0.3 is 5.97 Å². The van der Waals surface area contributed by atoms with Crippen LogP contribution >= 0.6 is 0 Å². The number of hydrogen-bond donors (Lipinski definition) is 1. The Hall–Kier alpha value is -4.05. The molecule has 1 N–H and O–H groups in total. The van der Waals surface area contributed by atoms with Crippen LogP contribution in [-0.2, 0) is 0 Å². The van der Waals surface area contributed by atoms with Gasteiger partial charge in [0.15, 0.2) is 0 Å². The summed E-state index contributed by atoms with van der Waals surface area (Å²) in [4.78, 5) is 11.7. The second-order valence-corrected chi connectivity index (χ2v) is 6.35. The molecule has 4 aromatic carbocycles. The Balaban J connectivity index is 1.90. The number of carbonyl (C=O) groups is 1. The van der Waals surface area contributed by atoms with Crippen LogP contribution in [0.1, 0.15) is 10.4 Å². The molecule has 4 aromatic rings. The maximum absolute atomic E-state index is 11.7. The van der Waals surface area contributed by atoms with Gasteiger partial charge in [0.25, 0.3) is 0 Å². The molecule has 0 fully saturated rings. The maximum atomic E-state index is 11.7. The lowest BCUT2D eigenvalue weighted by atomic mass is 10.0. The van der Waals surface area contributed by atoms with E-state index in [9.17, 15) is 9.90 Å². The summed E-state index contributed by atoms with van der Waals surface area (Å²) in [5.74, 6) is 0.984. The summed E-state index contributed by atoms with van der Waals surface area (Å²) in [5, 5.41) is 9.62. The number of carboxylic acids is 1. The molecular weight excluding hydrogens is 364 g/mol. The van der Waals surface area contributed by atoms with Crippen LogP contribution in [0.4, 0.5) is 0 Å². The molecule has 0 bridgehead atoms. The van der Waals surface area contributed by atoms with Gasteiger partial charge in [0.1, 0.15) is 23.0 Å². The van der Waals surface area contributed by atoms with E-state index >= 15 is 0 Å². The Labute approximate surface area is 168 Å². The number of ether oxygens (including phenoxy) is 2. The molecule has 0 saturated heterocycles. The van der Waals surface area contributed by atoms with E-state index in [-0.39, 0.29) is 5.56 Å². The van der Waals surface area contributed by atoms with E-state index in [0.717, 1.165) is 5.56 Å². The quantitative estimate of drug-likeness (QED) is 0.406. The van der Waals surface area contributed by atoms with Crippen molar-refractivity contribution >= 4 is 5.97 Å². The summed E-state index contributed by atoms with van der Waals surface area (Å²) in [5.41, 5.74) is 1.63. The Morgan fingerprint density at radius 2 is 1.03 bits per heavy atom. The Morgan fingerprint density at radius 1 is 0.621 bits per heavy atom. The fourth-order valence-electron chi connectivity index (χ4n) is 2.99. The second-order valence-electron chi connectivity index (χ2n) is 6.35. The summed E-state index contributed by atoms with van der Waals surface area (Å²) in [6.07, 6.45) is 0. The van der Waals surface area contributed by atoms with Crippen LogP contribution in [0.5, 0.6) is 23.0 Å². The van der Waals surface area contributed by atoms with Crippen LogP contribution in [0, 0.1) is 0 Å². The van der Waals surface area contributed by atoms with Gasteiger partial charge in [-0.25, -0.2) is 4.79 Å². The first-order chi connectivity index (χ1) is 14.2. The van der Waals surface area contributed by atoms with Crippen LogP contribution in [-0.4, -0.2) is 11.1 Å². The first-order valence-corrected chi connectivity index (χ1v) is 9.13. The van der Waals surface area contributed by atoms with Crippen LogP contribution in [0.2, 0.25) is 0 Å². The van der Waals surface area contributed by atoms with E-state index in [1.54, 1.807) is 0 Å². The molecule has 0 aliphatic rings. The van der Waals surface area contributed by atoms with Crippen LogP contribution < -0.4 is 9.47 Å². The van der Waals surface area contributed by atoms with Gasteiger partial charge in [0.2, 0.25) is 0 Å². The molecule has 0 amide bonds. The average Bonchev–Trinajstić information content (AvgIpc) is 2.75. The van der Waals surface area contributed by atoms with Crippen molar-refractivity contribution in [2.45, 2.75) is 0 Å². The zero-order chi connectivity index (χ0) is 20.1. The van der Waals surface area contributed by atoms with Gasteiger partial charge in [0.05, 0.1) is 11.1 Å². The zero-order valence-corrected chi connectivity index (χ0v) is 15.5. The molecule has 4 rings (SSSR count). The van der Waals surface area contributed by atoms with Gasteiger partial charge in [-0.1, -0.05) is 66.7 Å². The number of rotatable bonds is 6. The predicted molar refractivity (Wildman–Crippen MR) is 112 cm³/mol. The molecule has 0 heterocycles. The highest BCUT2D eigenvalue weighted by Gasteiger charge is 2.19. The van der Waals surface area contributed by atoms with Crippen molar-refractivity contribution in [1.82, 2.24) is 0 Å². The second kappa shape index (κ2) is 8.31. The lowest BCUT2D eigenvalue weighted by molar-refractivity contribution is 0.0696. The van der Waals surface area contributed by atoms with E-state index in [0.29, 0.717) is 28.6 Å². The van der Waals surface area contributed by atoms with Crippen LogP contribution in [0.15, 0.2) is 103 Å². The SMILES string of the molecule is O=C(O)c1cc(Oc2ccccc2)c(-c2ccccc2)c(Oc2ccccc2)c1. The minimum Gasteiger partial charge on any atom is -0.478 e. The van der Waals surface area contributed by atoms with Gasteiger partial charge in [-0.05, 0) is 42.0 Å². The minimum absolute atomic E-state index is 0.0848. The van der Waals surface area contributed by atoms with Crippen molar-refractivity contribution in [3.63, 3.8) is 0 Å². The third kappa shape index (κ3) is 4.28. The van der Waals surface area contributed by atoms with Crippen molar-refractivity contribution in [1.29, 1.82) is 0 Å². The Morgan fingerprint density at radius 3 is 1.45 bits per heavy atom. The molecule has 29 heavy (non-hydrogen) atoms. The van der Waals surface area contributed by atoms with E-state index in [4.69, 9.17) is 9.47 Å². The maximum Gasteiger partial charge on any atom is 0.335 e. The number of benzene rings is 4. The van der Waals surface area contributed by atoms with E-state index in [1.807, 2.05) is 91.0 Å². The summed E-state index contributed by atoms with van der Waals surface area (Å²) < 4.78 is 12.2. The number of hydrogen-bond acceptors (Lipinski definition) is 3. The monoisotopic (exact) mass is 382 g/mol. The fraction of sp³-hybridized carbons (Fsp3) is 0. The molecule has 0 spiro atoms. The van der Waals surface area contributed by atoms with Crippen molar-refractivity contribution in [3.8, 4) is 34.1 Å². The fourth-order valence-corrected chi connectivity index (χ4v) is 2.99. The minimum atomic E-state index is -1.06. The molecular formula is C25H18O4. The number of aromatic carboxylic acids is 1. The van der Waals surface area contributed by atoms with Crippen molar-refractivity contribution in [2.24, 2.45) is 0 Å². The summed E-state index contributed by atoms with van der Waals surface area (Å²) >= 11 is 0. The number of para-hydroxylation sites is 2. The van der Waals surface area contributed by atoms with Crippen LogP contribution in [0.3, 0.4) is 0 Å². The highest BCUT2D eigenvalue weighted by molar-refractivity contribution is 5.92. The lowest BCUT2D eigenvalue weighted by Gasteiger charge is -2.17. The van der Waals surface area contributed by atoms with Crippen molar-refractivity contribution in [3.05, 3.63) is 109 Å². The highest BCUT2D eigenvalue weighted by Crippen LogP contribution is 2.43. The predicted octanol–water partition coefficient (Wildman–Crippen LogP) is 6.64. The zero-order valence-electron chi connectivity index (χ0n) is 15.5. The van der Waals surface area contributed by atoms with Crippen molar-refractivity contribution < 1.29 is 19.4 Å². The number of carboxylic acid groups (broad SMARTS) is 1. The normalized spacial score (nSPS) is 10.3. The molecule has 142 valence electrons. The molecule has 0 aliphatic carbocycles. The summed E-state index contributed by atoms with van der Waals surface area (Å²) in [6.45, 7) is 0. The Bertz CT molecular complexity index is 1040. The van der Waals surface area contributed by atoms with Gasteiger partial charge in [-0.3, -0.25) is 0 Å². The van der Waals surface area contributed by atoms with Gasteiger partial charge in [-0.15, -0.1) is 0 Å². The van der Waals surface area contributed by atoms with Gasteiger partial charge in [0, 0.05) is 0 Å². The topological polar surface area (TPSA) is 55.8 Å².